The Morgan fingerprint density at radius 3 is 2.57 bits per heavy atom. The molecule has 0 atom stereocenters. The number of pyridine rings is 1. The SMILES string of the molecule is O=c1c2ccccc2n(CCCCCl)c2ccc(F)cc12. The minimum atomic E-state index is -0.387. The van der Waals surface area contributed by atoms with Gasteiger partial charge in [0.15, 0.2) is 5.43 Å². The molecule has 2 aromatic carbocycles. The van der Waals surface area contributed by atoms with Gasteiger partial charge in [0.25, 0.3) is 0 Å². The Morgan fingerprint density at radius 1 is 1.00 bits per heavy atom. The van der Waals surface area contributed by atoms with E-state index in [0.717, 1.165) is 30.4 Å². The number of aromatic nitrogens is 1. The molecule has 0 aliphatic carbocycles. The molecule has 0 unspecified atom stereocenters. The number of rotatable bonds is 4. The molecule has 0 aliphatic heterocycles. The predicted octanol–water partition coefficient (Wildman–Crippen LogP) is 4.31. The first-order valence-electron chi connectivity index (χ1n) is 6.99. The number of hydrogen-bond donors (Lipinski definition) is 0. The summed E-state index contributed by atoms with van der Waals surface area (Å²) in [5.74, 6) is 0.229. The second kappa shape index (κ2) is 5.86. The van der Waals surface area contributed by atoms with Crippen LogP contribution in [0.15, 0.2) is 47.3 Å². The lowest BCUT2D eigenvalue weighted by Crippen LogP contribution is -2.12. The van der Waals surface area contributed by atoms with Crippen molar-refractivity contribution in [1.82, 2.24) is 4.57 Å². The number of para-hydroxylation sites is 1. The number of fused-ring (bicyclic) bond motifs is 2. The number of alkyl halides is 1. The van der Waals surface area contributed by atoms with Gasteiger partial charge >= 0.3 is 0 Å². The van der Waals surface area contributed by atoms with Gasteiger partial charge in [0.05, 0.1) is 11.0 Å². The normalized spacial score (nSPS) is 11.3. The van der Waals surface area contributed by atoms with Crippen LogP contribution in [-0.4, -0.2) is 10.4 Å². The number of aryl methyl sites for hydroxylation is 1. The monoisotopic (exact) mass is 303 g/mol. The smallest absolute Gasteiger partial charge is 0.197 e. The van der Waals surface area contributed by atoms with Crippen LogP contribution in [0, 0.1) is 5.82 Å². The van der Waals surface area contributed by atoms with Gasteiger partial charge in [0.2, 0.25) is 0 Å². The van der Waals surface area contributed by atoms with Gasteiger partial charge in [-0.2, -0.15) is 0 Å². The quantitative estimate of drug-likeness (QED) is 0.400. The molecule has 108 valence electrons. The predicted molar refractivity (Wildman–Crippen MR) is 85.6 cm³/mol. The Bertz CT molecular complexity index is 856. The molecule has 0 aliphatic rings. The van der Waals surface area contributed by atoms with Crippen molar-refractivity contribution in [2.24, 2.45) is 0 Å². The highest BCUT2D eigenvalue weighted by Gasteiger charge is 2.10. The van der Waals surface area contributed by atoms with E-state index in [1.54, 1.807) is 12.1 Å². The average Bonchev–Trinajstić information content (AvgIpc) is 2.51. The Labute approximate surface area is 126 Å². The molecule has 0 saturated heterocycles. The zero-order valence-corrected chi connectivity index (χ0v) is 12.2. The van der Waals surface area contributed by atoms with E-state index in [1.165, 1.54) is 12.1 Å². The number of benzene rings is 2. The maximum Gasteiger partial charge on any atom is 0.197 e. The van der Waals surface area contributed by atoms with Crippen molar-refractivity contribution in [2.75, 3.05) is 5.88 Å². The van der Waals surface area contributed by atoms with Crippen molar-refractivity contribution in [3.8, 4) is 0 Å². The fourth-order valence-electron chi connectivity index (χ4n) is 2.71. The van der Waals surface area contributed by atoms with E-state index < -0.39 is 0 Å². The summed E-state index contributed by atoms with van der Waals surface area (Å²) in [6.07, 6.45) is 1.83. The zero-order valence-electron chi connectivity index (χ0n) is 11.5. The molecule has 0 N–H and O–H groups in total. The molecule has 0 amide bonds. The molecule has 3 aromatic rings. The number of halogens is 2. The molecule has 0 spiro atoms. The second-order valence-corrected chi connectivity index (χ2v) is 5.43. The number of nitrogens with zero attached hydrogens (tertiary/aromatic N) is 1. The van der Waals surface area contributed by atoms with E-state index in [-0.39, 0.29) is 11.2 Å². The van der Waals surface area contributed by atoms with E-state index in [4.69, 9.17) is 11.6 Å². The van der Waals surface area contributed by atoms with Gasteiger partial charge in [-0.05, 0) is 43.2 Å². The summed E-state index contributed by atoms with van der Waals surface area (Å²) in [7, 11) is 0. The first-order chi connectivity index (χ1) is 10.2. The first-order valence-corrected chi connectivity index (χ1v) is 7.52. The summed E-state index contributed by atoms with van der Waals surface area (Å²) in [4.78, 5) is 12.5. The van der Waals surface area contributed by atoms with Crippen LogP contribution in [0.25, 0.3) is 21.8 Å². The summed E-state index contributed by atoms with van der Waals surface area (Å²) >= 11 is 5.74. The van der Waals surface area contributed by atoms with Gasteiger partial charge in [0.1, 0.15) is 5.82 Å². The van der Waals surface area contributed by atoms with Gasteiger partial charge in [0, 0.05) is 23.2 Å². The van der Waals surface area contributed by atoms with Crippen LogP contribution in [0.1, 0.15) is 12.8 Å². The molecule has 0 bridgehead atoms. The van der Waals surface area contributed by atoms with Crippen LogP contribution in [0.5, 0.6) is 0 Å². The molecule has 21 heavy (non-hydrogen) atoms. The summed E-state index contributed by atoms with van der Waals surface area (Å²) in [5, 5.41) is 1.06. The highest BCUT2D eigenvalue weighted by Crippen LogP contribution is 2.20. The van der Waals surface area contributed by atoms with Crippen molar-refractivity contribution >= 4 is 33.4 Å². The van der Waals surface area contributed by atoms with Crippen LogP contribution in [-0.2, 0) is 6.54 Å². The third-order valence-corrected chi connectivity index (χ3v) is 3.97. The molecular weight excluding hydrogens is 289 g/mol. The van der Waals surface area contributed by atoms with Crippen LogP contribution >= 0.6 is 11.6 Å². The maximum atomic E-state index is 13.5. The largest absolute Gasteiger partial charge is 0.340 e. The Kier molecular flexibility index (Phi) is 3.93. The number of unbranched alkanes of at least 4 members (excludes halogenated alkanes) is 1. The van der Waals surface area contributed by atoms with Crippen LogP contribution in [0.3, 0.4) is 0 Å². The van der Waals surface area contributed by atoms with Crippen molar-refractivity contribution in [3.63, 3.8) is 0 Å². The Morgan fingerprint density at radius 2 is 1.76 bits per heavy atom. The van der Waals surface area contributed by atoms with Gasteiger partial charge in [-0.1, -0.05) is 12.1 Å². The van der Waals surface area contributed by atoms with E-state index in [0.29, 0.717) is 16.7 Å². The highest BCUT2D eigenvalue weighted by molar-refractivity contribution is 6.17. The van der Waals surface area contributed by atoms with Gasteiger partial charge in [-0.25, -0.2) is 4.39 Å². The van der Waals surface area contributed by atoms with E-state index in [9.17, 15) is 9.18 Å². The Balaban J connectivity index is 2.33. The lowest BCUT2D eigenvalue weighted by atomic mass is 10.1. The van der Waals surface area contributed by atoms with E-state index in [2.05, 4.69) is 4.57 Å². The van der Waals surface area contributed by atoms with Crippen molar-refractivity contribution in [3.05, 3.63) is 58.5 Å². The van der Waals surface area contributed by atoms with Gasteiger partial charge < -0.3 is 4.57 Å². The minimum Gasteiger partial charge on any atom is -0.340 e. The fourth-order valence-corrected chi connectivity index (χ4v) is 2.90. The van der Waals surface area contributed by atoms with Crippen LogP contribution in [0.2, 0.25) is 0 Å². The van der Waals surface area contributed by atoms with Crippen LogP contribution < -0.4 is 5.43 Å². The average molecular weight is 304 g/mol. The molecule has 1 aromatic heterocycles. The number of hydrogen-bond acceptors (Lipinski definition) is 1. The minimum absolute atomic E-state index is 0.117. The lowest BCUT2D eigenvalue weighted by molar-refractivity contribution is 0.628. The second-order valence-electron chi connectivity index (χ2n) is 5.06. The zero-order chi connectivity index (χ0) is 14.8. The molecular formula is C17H15ClFNO. The summed E-state index contributed by atoms with van der Waals surface area (Å²) in [6, 6.07) is 11.9. The molecule has 0 radical (unpaired) electrons. The summed E-state index contributed by atoms with van der Waals surface area (Å²) < 4.78 is 15.6. The molecule has 0 fully saturated rings. The maximum absolute atomic E-state index is 13.5. The fraction of sp³-hybridized carbons (Fsp3) is 0.235. The molecule has 2 nitrogen and oxygen atoms in total. The van der Waals surface area contributed by atoms with Crippen molar-refractivity contribution < 1.29 is 4.39 Å². The molecule has 3 rings (SSSR count). The molecule has 4 heteroatoms. The standard InChI is InChI=1S/C17H15ClFNO/c18-9-3-4-10-20-15-6-2-1-5-13(15)17(21)14-11-12(19)7-8-16(14)20/h1-2,5-8,11H,3-4,9-10H2. The first kappa shape index (κ1) is 14.1. The topological polar surface area (TPSA) is 22.0 Å². The highest BCUT2D eigenvalue weighted by atomic mass is 35.5. The van der Waals surface area contributed by atoms with Crippen LogP contribution in [0.4, 0.5) is 4.39 Å². The van der Waals surface area contributed by atoms with E-state index in [1.807, 2.05) is 18.2 Å². The van der Waals surface area contributed by atoms with Gasteiger partial charge in [-0.15, -0.1) is 11.6 Å². The van der Waals surface area contributed by atoms with E-state index >= 15 is 0 Å². The summed E-state index contributed by atoms with van der Waals surface area (Å²) in [5.41, 5.74) is 1.54. The van der Waals surface area contributed by atoms with Gasteiger partial charge in [-0.3, -0.25) is 4.79 Å². The van der Waals surface area contributed by atoms with Crippen molar-refractivity contribution in [1.29, 1.82) is 0 Å². The molecule has 0 saturated carbocycles. The third kappa shape index (κ3) is 2.54. The molecule has 1 heterocycles. The summed E-state index contributed by atoms with van der Waals surface area (Å²) in [6.45, 7) is 0.760. The lowest BCUT2D eigenvalue weighted by Gasteiger charge is -2.15. The van der Waals surface area contributed by atoms with Crippen molar-refractivity contribution in [2.45, 2.75) is 19.4 Å². The third-order valence-electron chi connectivity index (χ3n) is 3.70. The Hall–Kier alpha value is -1.87.